The van der Waals surface area contributed by atoms with Crippen molar-refractivity contribution < 1.29 is 14.6 Å². The lowest BCUT2D eigenvalue weighted by molar-refractivity contribution is -0.174. The van der Waals surface area contributed by atoms with E-state index in [9.17, 15) is 9.90 Å². The molecule has 4 rings (SSSR count). The van der Waals surface area contributed by atoms with Gasteiger partial charge in [-0.05, 0) is 37.8 Å². The second-order valence-corrected chi connectivity index (χ2v) is 6.75. The minimum Gasteiger partial charge on any atom is -0.390 e. The maximum Gasteiger partial charge on any atom is 0.276 e. The Bertz CT molecular complexity index is 738. The van der Waals surface area contributed by atoms with Crippen LogP contribution in [0.4, 0.5) is 0 Å². The highest BCUT2D eigenvalue weighted by Crippen LogP contribution is 2.35. The third-order valence-electron chi connectivity index (χ3n) is 5.25. The highest BCUT2D eigenvalue weighted by atomic mass is 16.5. The molecule has 2 aromatic rings. The number of hydrogen-bond acceptors (Lipinski definition) is 5. The van der Waals surface area contributed by atoms with Gasteiger partial charge in [-0.1, -0.05) is 23.4 Å². The predicted octanol–water partition coefficient (Wildman–Crippen LogP) is 1.41. The fourth-order valence-corrected chi connectivity index (χ4v) is 3.71. The van der Waals surface area contributed by atoms with Crippen LogP contribution in [0.15, 0.2) is 36.5 Å². The SMILES string of the molecule is O=C(c1cn(-c2ccccc2)nn1)N1CCC2(CC1)OCCC[C@@H]2O. The first-order chi connectivity index (χ1) is 12.2. The summed E-state index contributed by atoms with van der Waals surface area (Å²) in [5.41, 5.74) is 0.728. The molecule has 2 saturated heterocycles. The molecule has 1 atom stereocenters. The van der Waals surface area contributed by atoms with Crippen LogP contribution in [0.25, 0.3) is 5.69 Å². The Morgan fingerprint density at radius 2 is 2.00 bits per heavy atom. The fraction of sp³-hybridized carbons (Fsp3) is 0.500. The Labute approximate surface area is 146 Å². The molecule has 0 radical (unpaired) electrons. The summed E-state index contributed by atoms with van der Waals surface area (Å²) in [6.45, 7) is 1.82. The molecule has 0 saturated carbocycles. The second-order valence-electron chi connectivity index (χ2n) is 6.75. The van der Waals surface area contributed by atoms with Gasteiger partial charge >= 0.3 is 0 Å². The van der Waals surface area contributed by atoms with Gasteiger partial charge in [0.25, 0.3) is 5.91 Å². The predicted molar refractivity (Wildman–Crippen MR) is 90.4 cm³/mol. The van der Waals surface area contributed by atoms with Gasteiger partial charge in [-0.15, -0.1) is 5.10 Å². The van der Waals surface area contributed by atoms with Gasteiger partial charge in [-0.3, -0.25) is 4.79 Å². The number of aromatic nitrogens is 3. The molecule has 25 heavy (non-hydrogen) atoms. The zero-order valence-corrected chi connectivity index (χ0v) is 14.0. The van der Waals surface area contributed by atoms with Gasteiger partial charge in [-0.25, -0.2) is 4.68 Å². The average molecular weight is 342 g/mol. The molecule has 3 heterocycles. The molecular weight excluding hydrogens is 320 g/mol. The van der Waals surface area contributed by atoms with Gasteiger partial charge < -0.3 is 14.7 Å². The van der Waals surface area contributed by atoms with E-state index in [1.165, 1.54) is 0 Å². The molecule has 1 spiro atoms. The summed E-state index contributed by atoms with van der Waals surface area (Å²) in [6.07, 6.45) is 4.22. The smallest absolute Gasteiger partial charge is 0.276 e. The van der Waals surface area contributed by atoms with Crippen LogP contribution in [-0.4, -0.2) is 62.3 Å². The van der Waals surface area contributed by atoms with E-state index in [2.05, 4.69) is 10.3 Å². The number of aliphatic hydroxyl groups excluding tert-OH is 1. The van der Waals surface area contributed by atoms with Crippen LogP contribution < -0.4 is 0 Å². The normalized spacial score (nSPS) is 22.9. The lowest BCUT2D eigenvalue weighted by atomic mass is 9.82. The number of amides is 1. The topological polar surface area (TPSA) is 80.5 Å². The van der Waals surface area contributed by atoms with Crippen molar-refractivity contribution in [3.63, 3.8) is 0 Å². The Hall–Kier alpha value is -2.25. The molecule has 7 nitrogen and oxygen atoms in total. The minimum absolute atomic E-state index is 0.123. The van der Waals surface area contributed by atoms with E-state index in [1.54, 1.807) is 15.8 Å². The Morgan fingerprint density at radius 3 is 2.72 bits per heavy atom. The van der Waals surface area contributed by atoms with E-state index in [0.29, 0.717) is 38.2 Å². The van der Waals surface area contributed by atoms with E-state index in [0.717, 1.165) is 18.5 Å². The lowest BCUT2D eigenvalue weighted by Crippen LogP contribution is -2.56. The van der Waals surface area contributed by atoms with Crippen molar-refractivity contribution in [2.24, 2.45) is 0 Å². The van der Waals surface area contributed by atoms with Crippen LogP contribution in [0.1, 0.15) is 36.2 Å². The molecule has 1 aromatic carbocycles. The lowest BCUT2D eigenvalue weighted by Gasteiger charge is -2.46. The molecular formula is C18H22N4O3. The summed E-state index contributed by atoms with van der Waals surface area (Å²) in [5.74, 6) is -0.123. The molecule has 1 aromatic heterocycles. The number of benzene rings is 1. The van der Waals surface area contributed by atoms with Crippen LogP contribution in [0.5, 0.6) is 0 Å². The first kappa shape index (κ1) is 16.2. The van der Waals surface area contributed by atoms with Crippen molar-refractivity contribution in [3.8, 4) is 5.69 Å². The zero-order valence-electron chi connectivity index (χ0n) is 14.0. The van der Waals surface area contributed by atoms with E-state index >= 15 is 0 Å². The van der Waals surface area contributed by atoms with Gasteiger partial charge in [-0.2, -0.15) is 0 Å². The quantitative estimate of drug-likeness (QED) is 0.893. The van der Waals surface area contributed by atoms with Gasteiger partial charge in [0.15, 0.2) is 5.69 Å². The number of para-hydroxylation sites is 1. The van der Waals surface area contributed by atoms with Gasteiger partial charge in [0, 0.05) is 19.7 Å². The first-order valence-electron chi connectivity index (χ1n) is 8.77. The van der Waals surface area contributed by atoms with Crippen molar-refractivity contribution in [1.82, 2.24) is 19.9 Å². The summed E-state index contributed by atoms with van der Waals surface area (Å²) in [4.78, 5) is 14.5. The summed E-state index contributed by atoms with van der Waals surface area (Å²) in [6, 6.07) is 9.58. The number of rotatable bonds is 2. The number of hydrogen-bond donors (Lipinski definition) is 1. The third kappa shape index (κ3) is 3.05. The Morgan fingerprint density at radius 1 is 1.24 bits per heavy atom. The van der Waals surface area contributed by atoms with Crippen LogP contribution in [0.2, 0.25) is 0 Å². The van der Waals surface area contributed by atoms with Crippen molar-refractivity contribution in [3.05, 3.63) is 42.2 Å². The molecule has 1 amide bonds. The zero-order chi connectivity index (χ0) is 17.3. The van der Waals surface area contributed by atoms with E-state index < -0.39 is 11.7 Å². The molecule has 132 valence electrons. The maximum absolute atomic E-state index is 12.7. The molecule has 2 aliphatic rings. The van der Waals surface area contributed by atoms with Crippen molar-refractivity contribution in [2.45, 2.75) is 37.4 Å². The van der Waals surface area contributed by atoms with Crippen molar-refractivity contribution in [2.75, 3.05) is 19.7 Å². The Balaban J connectivity index is 1.43. The van der Waals surface area contributed by atoms with Crippen molar-refractivity contribution in [1.29, 1.82) is 0 Å². The summed E-state index contributed by atoms with van der Waals surface area (Å²) in [5, 5.41) is 18.4. The molecule has 1 N–H and O–H groups in total. The number of carbonyl (C=O) groups is 1. The number of nitrogens with zero attached hydrogens (tertiary/aromatic N) is 4. The molecule has 0 unspecified atom stereocenters. The van der Waals surface area contributed by atoms with E-state index in [1.807, 2.05) is 30.3 Å². The summed E-state index contributed by atoms with van der Waals surface area (Å²) < 4.78 is 7.50. The second kappa shape index (κ2) is 6.57. The monoisotopic (exact) mass is 342 g/mol. The number of aliphatic hydroxyl groups is 1. The summed E-state index contributed by atoms with van der Waals surface area (Å²) >= 11 is 0. The maximum atomic E-state index is 12.7. The average Bonchev–Trinajstić information content (AvgIpc) is 3.15. The van der Waals surface area contributed by atoms with Gasteiger partial charge in [0.1, 0.15) is 0 Å². The van der Waals surface area contributed by atoms with E-state index in [4.69, 9.17) is 4.74 Å². The van der Waals surface area contributed by atoms with Gasteiger partial charge in [0.05, 0.1) is 23.6 Å². The first-order valence-corrected chi connectivity index (χ1v) is 8.77. The summed E-state index contributed by atoms with van der Waals surface area (Å²) in [7, 11) is 0. The fourth-order valence-electron chi connectivity index (χ4n) is 3.71. The number of piperidine rings is 1. The largest absolute Gasteiger partial charge is 0.390 e. The third-order valence-corrected chi connectivity index (χ3v) is 5.25. The highest BCUT2D eigenvalue weighted by molar-refractivity contribution is 5.92. The molecule has 0 aliphatic carbocycles. The number of likely N-dealkylation sites (tertiary alicyclic amines) is 1. The minimum atomic E-state index is -0.476. The number of ether oxygens (including phenoxy) is 1. The molecule has 2 fully saturated rings. The van der Waals surface area contributed by atoms with Crippen LogP contribution in [0.3, 0.4) is 0 Å². The van der Waals surface area contributed by atoms with Crippen molar-refractivity contribution >= 4 is 5.91 Å². The number of carbonyl (C=O) groups excluding carboxylic acids is 1. The molecule has 7 heteroatoms. The standard InChI is InChI=1S/C18H22N4O3/c23-16-7-4-12-25-18(16)8-10-21(11-9-18)17(24)15-13-22(20-19-15)14-5-2-1-3-6-14/h1-3,5-6,13,16,23H,4,7-12H2/t16-/m0/s1. The molecule has 2 aliphatic heterocycles. The van der Waals surface area contributed by atoms with Crippen LogP contribution in [0, 0.1) is 0 Å². The van der Waals surface area contributed by atoms with E-state index in [-0.39, 0.29) is 5.91 Å². The Kier molecular flexibility index (Phi) is 4.27. The van der Waals surface area contributed by atoms with Crippen LogP contribution in [-0.2, 0) is 4.74 Å². The van der Waals surface area contributed by atoms with Gasteiger partial charge in [0.2, 0.25) is 0 Å². The van der Waals surface area contributed by atoms with Crippen LogP contribution >= 0.6 is 0 Å². The highest BCUT2D eigenvalue weighted by Gasteiger charge is 2.44. The molecule has 0 bridgehead atoms.